The molecule has 1 aromatic carbocycles. The van der Waals surface area contributed by atoms with Crippen molar-refractivity contribution >= 4 is 21.9 Å². The Morgan fingerprint density at radius 3 is 2.40 bits per heavy atom. The lowest BCUT2D eigenvalue weighted by Gasteiger charge is -2.39. The molecule has 3 N–H and O–H groups in total. The number of sulfonamides is 1. The molecule has 3 rings (SSSR count). The van der Waals surface area contributed by atoms with Crippen LogP contribution in [0.4, 0.5) is 0 Å². The van der Waals surface area contributed by atoms with Crippen LogP contribution in [0.5, 0.6) is 0 Å². The summed E-state index contributed by atoms with van der Waals surface area (Å²) >= 11 is 0. The molecular formula is C20H32N6O3S. The summed E-state index contributed by atoms with van der Waals surface area (Å²) in [7, 11) is -1.99. The van der Waals surface area contributed by atoms with Crippen molar-refractivity contribution in [1.29, 1.82) is 0 Å². The SMILES string of the molecule is CN=C(NCc1cccc(S(N)(=O)=O)c1)N1CCN(C(C)C(=O)N2CCCC2)CC1. The first-order valence-electron chi connectivity index (χ1n) is 10.4. The van der Waals surface area contributed by atoms with Crippen molar-refractivity contribution in [3.8, 4) is 0 Å². The molecule has 0 saturated carbocycles. The van der Waals surface area contributed by atoms with Gasteiger partial charge in [-0.2, -0.15) is 0 Å². The molecular weight excluding hydrogens is 404 g/mol. The summed E-state index contributed by atoms with van der Waals surface area (Å²) in [5.74, 6) is 0.993. The van der Waals surface area contributed by atoms with E-state index < -0.39 is 10.0 Å². The fourth-order valence-electron chi connectivity index (χ4n) is 4.02. The number of benzene rings is 1. The molecule has 1 aromatic rings. The van der Waals surface area contributed by atoms with Crippen LogP contribution < -0.4 is 10.5 Å². The number of nitrogens with two attached hydrogens (primary N) is 1. The fourth-order valence-corrected chi connectivity index (χ4v) is 4.61. The van der Waals surface area contributed by atoms with E-state index in [0.29, 0.717) is 6.54 Å². The maximum absolute atomic E-state index is 12.7. The highest BCUT2D eigenvalue weighted by Gasteiger charge is 2.30. The Balaban J connectivity index is 1.52. The molecule has 2 fully saturated rings. The van der Waals surface area contributed by atoms with E-state index >= 15 is 0 Å². The molecule has 0 radical (unpaired) electrons. The van der Waals surface area contributed by atoms with E-state index in [0.717, 1.165) is 63.6 Å². The van der Waals surface area contributed by atoms with Gasteiger partial charge >= 0.3 is 0 Å². The van der Waals surface area contributed by atoms with E-state index in [1.165, 1.54) is 6.07 Å². The molecule has 1 unspecified atom stereocenters. The van der Waals surface area contributed by atoms with Gasteiger partial charge in [-0.1, -0.05) is 12.1 Å². The molecule has 2 saturated heterocycles. The Morgan fingerprint density at radius 2 is 1.80 bits per heavy atom. The Labute approximate surface area is 179 Å². The number of guanidine groups is 1. The number of aliphatic imine (C=N–C) groups is 1. The van der Waals surface area contributed by atoms with Gasteiger partial charge in [-0.15, -0.1) is 0 Å². The minimum absolute atomic E-state index is 0.0961. The molecule has 1 atom stereocenters. The molecule has 0 spiro atoms. The summed E-state index contributed by atoms with van der Waals surface area (Å²) in [4.78, 5) is 23.5. The van der Waals surface area contributed by atoms with Crippen molar-refractivity contribution in [2.24, 2.45) is 10.1 Å². The van der Waals surface area contributed by atoms with Crippen molar-refractivity contribution in [3.63, 3.8) is 0 Å². The van der Waals surface area contributed by atoms with Crippen molar-refractivity contribution in [2.75, 3.05) is 46.3 Å². The topological polar surface area (TPSA) is 111 Å². The third kappa shape index (κ3) is 5.50. The molecule has 2 aliphatic rings. The summed E-state index contributed by atoms with van der Waals surface area (Å²) < 4.78 is 23.1. The van der Waals surface area contributed by atoms with Crippen molar-refractivity contribution in [2.45, 2.75) is 37.2 Å². The van der Waals surface area contributed by atoms with Gasteiger partial charge in [-0.25, -0.2) is 13.6 Å². The number of amides is 1. The zero-order chi connectivity index (χ0) is 21.7. The van der Waals surface area contributed by atoms with Gasteiger partial charge in [0.25, 0.3) is 0 Å². The van der Waals surface area contributed by atoms with Crippen LogP contribution in [0.1, 0.15) is 25.3 Å². The van der Waals surface area contributed by atoms with E-state index in [9.17, 15) is 13.2 Å². The number of carbonyl (C=O) groups is 1. The van der Waals surface area contributed by atoms with Crippen LogP contribution >= 0.6 is 0 Å². The van der Waals surface area contributed by atoms with Gasteiger partial charge in [0, 0.05) is 52.9 Å². The van der Waals surface area contributed by atoms with Crippen LogP contribution in [0, 0.1) is 0 Å². The maximum atomic E-state index is 12.7. The van der Waals surface area contributed by atoms with Gasteiger partial charge in [0.05, 0.1) is 10.9 Å². The second-order valence-electron chi connectivity index (χ2n) is 7.82. The smallest absolute Gasteiger partial charge is 0.239 e. The zero-order valence-electron chi connectivity index (χ0n) is 17.7. The number of hydrogen-bond acceptors (Lipinski definition) is 5. The van der Waals surface area contributed by atoms with E-state index in [4.69, 9.17) is 5.14 Å². The van der Waals surface area contributed by atoms with E-state index in [-0.39, 0.29) is 16.8 Å². The molecule has 0 bridgehead atoms. The lowest BCUT2D eigenvalue weighted by molar-refractivity contribution is -0.135. The second kappa shape index (κ2) is 9.76. The van der Waals surface area contributed by atoms with Crippen LogP contribution in [0.25, 0.3) is 0 Å². The first kappa shape index (κ1) is 22.5. The second-order valence-corrected chi connectivity index (χ2v) is 9.39. The van der Waals surface area contributed by atoms with Crippen molar-refractivity contribution in [3.05, 3.63) is 29.8 Å². The minimum Gasteiger partial charge on any atom is -0.352 e. The molecule has 9 nitrogen and oxygen atoms in total. The molecule has 166 valence electrons. The van der Waals surface area contributed by atoms with Crippen LogP contribution in [0.15, 0.2) is 34.2 Å². The number of nitrogens with zero attached hydrogens (tertiary/aromatic N) is 4. The number of carbonyl (C=O) groups excluding carboxylic acids is 1. The number of primary sulfonamides is 1. The van der Waals surface area contributed by atoms with Gasteiger partial charge < -0.3 is 15.1 Å². The number of piperazine rings is 1. The molecule has 1 amide bonds. The number of likely N-dealkylation sites (tertiary alicyclic amines) is 1. The average Bonchev–Trinajstić information content (AvgIpc) is 3.28. The van der Waals surface area contributed by atoms with Gasteiger partial charge in [0.2, 0.25) is 15.9 Å². The monoisotopic (exact) mass is 436 g/mol. The van der Waals surface area contributed by atoms with Crippen LogP contribution in [-0.4, -0.2) is 87.3 Å². The molecule has 30 heavy (non-hydrogen) atoms. The third-order valence-corrected chi connectivity index (χ3v) is 6.74. The summed E-state index contributed by atoms with van der Waals surface area (Å²) in [6.45, 7) is 7.34. The largest absolute Gasteiger partial charge is 0.352 e. The predicted molar refractivity (Wildman–Crippen MR) is 116 cm³/mol. The van der Waals surface area contributed by atoms with Crippen LogP contribution in [0.3, 0.4) is 0 Å². The van der Waals surface area contributed by atoms with Gasteiger partial charge in [-0.3, -0.25) is 14.7 Å². The van der Waals surface area contributed by atoms with Gasteiger partial charge in [0.15, 0.2) is 5.96 Å². The number of hydrogen-bond donors (Lipinski definition) is 2. The zero-order valence-corrected chi connectivity index (χ0v) is 18.6. The van der Waals surface area contributed by atoms with Crippen molar-refractivity contribution < 1.29 is 13.2 Å². The highest BCUT2D eigenvalue weighted by molar-refractivity contribution is 7.89. The van der Waals surface area contributed by atoms with E-state index in [1.54, 1.807) is 19.2 Å². The Morgan fingerprint density at radius 1 is 1.13 bits per heavy atom. The van der Waals surface area contributed by atoms with E-state index in [2.05, 4.69) is 20.1 Å². The average molecular weight is 437 g/mol. The molecule has 0 aromatic heterocycles. The Hall–Kier alpha value is -2.17. The number of nitrogens with one attached hydrogen (secondary N) is 1. The van der Waals surface area contributed by atoms with Gasteiger partial charge in [-0.05, 0) is 37.5 Å². The normalized spacial score (nSPS) is 19.8. The fraction of sp³-hybridized carbons (Fsp3) is 0.600. The van der Waals surface area contributed by atoms with E-state index in [1.807, 2.05) is 17.9 Å². The molecule has 0 aliphatic carbocycles. The molecule has 10 heteroatoms. The lowest BCUT2D eigenvalue weighted by Crippen LogP contribution is -2.57. The highest BCUT2D eigenvalue weighted by Crippen LogP contribution is 2.14. The standard InChI is InChI=1S/C20H32N6O3S/c1-16(19(27)25-8-3-4-9-25)24-10-12-26(13-11-24)20(22-2)23-15-17-6-5-7-18(14-17)30(21,28)29/h5-7,14,16H,3-4,8-13,15H2,1-2H3,(H,22,23)(H2,21,28,29). The minimum atomic E-state index is -3.72. The Kier molecular flexibility index (Phi) is 7.32. The third-order valence-electron chi connectivity index (χ3n) is 5.83. The first-order valence-corrected chi connectivity index (χ1v) is 11.9. The summed E-state index contributed by atoms with van der Waals surface area (Å²) in [6, 6.07) is 6.48. The quantitative estimate of drug-likeness (QED) is 0.498. The van der Waals surface area contributed by atoms with Crippen LogP contribution in [0.2, 0.25) is 0 Å². The molecule has 2 heterocycles. The Bertz CT molecular complexity index is 874. The maximum Gasteiger partial charge on any atom is 0.239 e. The highest BCUT2D eigenvalue weighted by atomic mass is 32.2. The summed E-state index contributed by atoms with van der Waals surface area (Å²) in [5, 5.41) is 8.50. The first-order chi connectivity index (χ1) is 14.3. The number of rotatable bonds is 5. The summed E-state index contributed by atoms with van der Waals surface area (Å²) in [6.07, 6.45) is 2.21. The van der Waals surface area contributed by atoms with Crippen molar-refractivity contribution in [1.82, 2.24) is 20.0 Å². The lowest BCUT2D eigenvalue weighted by atomic mass is 10.2. The predicted octanol–water partition coefficient (Wildman–Crippen LogP) is 0.0379. The van der Waals surface area contributed by atoms with Crippen LogP contribution in [-0.2, 0) is 21.4 Å². The summed E-state index contributed by atoms with van der Waals surface area (Å²) in [5.41, 5.74) is 0.811. The van der Waals surface area contributed by atoms with Gasteiger partial charge in [0.1, 0.15) is 0 Å². The molecule has 2 aliphatic heterocycles.